The Labute approximate surface area is 189 Å². The lowest BCUT2D eigenvalue weighted by molar-refractivity contribution is -0.145. The number of hydrogen-bond donors (Lipinski definition) is 1. The van der Waals surface area contributed by atoms with Gasteiger partial charge in [-0.1, -0.05) is 46.3 Å². The number of benzene rings is 2. The maximum Gasteiger partial charge on any atom is 0.344 e. The van der Waals surface area contributed by atoms with Crippen LogP contribution in [0.2, 0.25) is 0 Å². The third kappa shape index (κ3) is 6.86. The lowest BCUT2D eigenvalue weighted by atomic mass is 10.1. The molecule has 0 aliphatic rings. The van der Waals surface area contributed by atoms with Crippen molar-refractivity contribution in [1.82, 2.24) is 5.32 Å². The van der Waals surface area contributed by atoms with E-state index in [9.17, 15) is 14.9 Å². The fourth-order valence-corrected chi connectivity index (χ4v) is 3.11. The van der Waals surface area contributed by atoms with E-state index in [0.29, 0.717) is 21.5 Å². The van der Waals surface area contributed by atoms with Gasteiger partial charge >= 0.3 is 5.97 Å². The van der Waals surface area contributed by atoms with Crippen molar-refractivity contribution in [1.29, 1.82) is 5.26 Å². The molecule has 2 rings (SSSR count). The Balaban J connectivity index is 2.22. The van der Waals surface area contributed by atoms with Crippen LogP contribution in [0.25, 0.3) is 6.08 Å². The molecule has 2 aromatic carbocycles. The second kappa shape index (κ2) is 11.8. The summed E-state index contributed by atoms with van der Waals surface area (Å²) in [6.07, 6.45) is 1.45. The topological polar surface area (TPSA) is 97.7 Å². The summed E-state index contributed by atoms with van der Waals surface area (Å²) in [5.41, 5.74) is 1.41. The molecule has 1 amide bonds. The highest BCUT2D eigenvalue weighted by molar-refractivity contribution is 9.10. The van der Waals surface area contributed by atoms with Gasteiger partial charge in [0.25, 0.3) is 5.91 Å². The van der Waals surface area contributed by atoms with Crippen molar-refractivity contribution < 1.29 is 23.8 Å². The normalized spacial score (nSPS) is 11.8. The number of ether oxygens (including phenoxy) is 3. The molecule has 162 valence electrons. The Morgan fingerprint density at radius 1 is 1.23 bits per heavy atom. The standard InChI is InChI=1S/C23H23BrN2O5/c1-4-30-22(27)14-31-21-12-19(24)17(11-20(21)29-3)10-18(13-25)23(28)26-15(2)16-8-6-5-7-9-16/h5-12,15H,4,14H2,1-3H3,(H,26,28)/b18-10-/t15-/m1/s1. The molecule has 0 unspecified atom stereocenters. The maximum atomic E-state index is 12.6. The first-order chi connectivity index (χ1) is 14.9. The molecular weight excluding hydrogens is 464 g/mol. The smallest absolute Gasteiger partial charge is 0.344 e. The third-order valence-electron chi connectivity index (χ3n) is 4.25. The summed E-state index contributed by atoms with van der Waals surface area (Å²) in [7, 11) is 1.45. The van der Waals surface area contributed by atoms with Crippen molar-refractivity contribution in [3.05, 3.63) is 63.6 Å². The molecule has 2 aromatic rings. The number of methoxy groups -OCH3 is 1. The summed E-state index contributed by atoms with van der Waals surface area (Å²) in [5.74, 6) is -0.331. The summed E-state index contributed by atoms with van der Waals surface area (Å²) >= 11 is 3.41. The second-order valence-corrected chi connectivity index (χ2v) is 7.25. The van der Waals surface area contributed by atoms with Gasteiger partial charge in [-0.05, 0) is 43.2 Å². The molecule has 0 heterocycles. The number of nitrogens with zero attached hydrogens (tertiary/aromatic N) is 1. The molecule has 0 fully saturated rings. The number of nitrogens with one attached hydrogen (secondary N) is 1. The van der Waals surface area contributed by atoms with E-state index in [-0.39, 0.29) is 24.8 Å². The number of halogens is 1. The number of amides is 1. The minimum absolute atomic E-state index is 0.0641. The minimum atomic E-state index is -0.499. The van der Waals surface area contributed by atoms with Crippen LogP contribution in [-0.4, -0.2) is 32.2 Å². The molecule has 1 atom stereocenters. The first kappa shape index (κ1) is 24.0. The summed E-state index contributed by atoms with van der Waals surface area (Å²) in [6, 6.07) is 14.3. The maximum absolute atomic E-state index is 12.6. The first-order valence-corrected chi connectivity index (χ1v) is 10.3. The molecule has 0 spiro atoms. The van der Waals surface area contributed by atoms with Crippen LogP contribution in [0.5, 0.6) is 11.5 Å². The van der Waals surface area contributed by atoms with Crippen molar-refractivity contribution in [2.45, 2.75) is 19.9 Å². The molecule has 1 N–H and O–H groups in total. The predicted molar refractivity (Wildman–Crippen MR) is 119 cm³/mol. The first-order valence-electron chi connectivity index (χ1n) is 9.53. The number of carbonyl (C=O) groups is 2. The summed E-state index contributed by atoms with van der Waals surface area (Å²) in [4.78, 5) is 24.1. The molecule has 0 saturated heterocycles. The van der Waals surface area contributed by atoms with Crippen molar-refractivity contribution in [2.24, 2.45) is 0 Å². The van der Waals surface area contributed by atoms with Gasteiger partial charge in [0.2, 0.25) is 0 Å². The Morgan fingerprint density at radius 3 is 2.55 bits per heavy atom. The van der Waals surface area contributed by atoms with Crippen molar-refractivity contribution >= 4 is 33.9 Å². The summed E-state index contributed by atoms with van der Waals surface area (Å²) in [6.45, 7) is 3.54. The fourth-order valence-electron chi connectivity index (χ4n) is 2.68. The van der Waals surface area contributed by atoms with E-state index >= 15 is 0 Å². The fraction of sp³-hybridized carbons (Fsp3) is 0.261. The average Bonchev–Trinajstić information content (AvgIpc) is 2.77. The van der Waals surface area contributed by atoms with Crippen LogP contribution >= 0.6 is 15.9 Å². The van der Waals surface area contributed by atoms with Gasteiger partial charge < -0.3 is 19.5 Å². The van der Waals surface area contributed by atoms with Gasteiger partial charge in [-0.2, -0.15) is 5.26 Å². The van der Waals surface area contributed by atoms with Gasteiger partial charge in [0, 0.05) is 4.47 Å². The Hall–Kier alpha value is -3.31. The lowest BCUT2D eigenvalue weighted by Crippen LogP contribution is -2.27. The van der Waals surface area contributed by atoms with Crippen LogP contribution in [0.3, 0.4) is 0 Å². The summed E-state index contributed by atoms with van der Waals surface area (Å²) < 4.78 is 16.2. The molecular formula is C23H23BrN2O5. The molecule has 8 heteroatoms. The zero-order valence-corrected chi connectivity index (χ0v) is 19.1. The Kier molecular flexibility index (Phi) is 9.10. The van der Waals surface area contributed by atoms with Gasteiger partial charge in [0.05, 0.1) is 19.8 Å². The second-order valence-electron chi connectivity index (χ2n) is 6.39. The van der Waals surface area contributed by atoms with E-state index in [1.54, 1.807) is 19.1 Å². The van der Waals surface area contributed by atoms with Crippen LogP contribution < -0.4 is 14.8 Å². The number of esters is 1. The van der Waals surface area contributed by atoms with Gasteiger partial charge in [0.15, 0.2) is 18.1 Å². The Bertz CT molecular complexity index is 999. The van der Waals surface area contributed by atoms with E-state index in [1.807, 2.05) is 43.3 Å². The van der Waals surface area contributed by atoms with Crippen molar-refractivity contribution in [2.75, 3.05) is 20.3 Å². The van der Waals surface area contributed by atoms with Gasteiger partial charge in [-0.25, -0.2) is 4.79 Å². The largest absolute Gasteiger partial charge is 0.493 e. The van der Waals surface area contributed by atoms with Crippen LogP contribution in [0, 0.1) is 11.3 Å². The molecule has 0 saturated carbocycles. The molecule has 0 radical (unpaired) electrons. The highest BCUT2D eigenvalue weighted by atomic mass is 79.9. The SMILES string of the molecule is CCOC(=O)COc1cc(Br)c(/C=C(/C#N)C(=O)N[C@H](C)c2ccccc2)cc1OC. The lowest BCUT2D eigenvalue weighted by Gasteiger charge is -2.14. The van der Waals surface area contributed by atoms with Crippen molar-refractivity contribution in [3.63, 3.8) is 0 Å². The van der Waals surface area contributed by atoms with E-state index in [2.05, 4.69) is 21.2 Å². The third-order valence-corrected chi connectivity index (χ3v) is 4.93. The van der Waals surface area contributed by atoms with Crippen LogP contribution in [-0.2, 0) is 14.3 Å². The van der Waals surface area contributed by atoms with E-state index < -0.39 is 11.9 Å². The highest BCUT2D eigenvalue weighted by Crippen LogP contribution is 2.34. The number of carbonyl (C=O) groups excluding carboxylic acids is 2. The Morgan fingerprint density at radius 2 is 1.94 bits per heavy atom. The predicted octanol–water partition coefficient (Wildman–Crippen LogP) is 4.18. The highest BCUT2D eigenvalue weighted by Gasteiger charge is 2.16. The monoisotopic (exact) mass is 486 g/mol. The van der Waals surface area contributed by atoms with Gasteiger partial charge in [-0.3, -0.25) is 4.79 Å². The molecule has 0 bridgehead atoms. The zero-order valence-electron chi connectivity index (χ0n) is 17.5. The average molecular weight is 487 g/mol. The minimum Gasteiger partial charge on any atom is -0.493 e. The number of nitriles is 1. The number of rotatable bonds is 9. The van der Waals surface area contributed by atoms with E-state index in [1.165, 1.54) is 13.2 Å². The van der Waals surface area contributed by atoms with Crippen LogP contribution in [0.15, 0.2) is 52.5 Å². The van der Waals surface area contributed by atoms with Crippen LogP contribution in [0.4, 0.5) is 0 Å². The molecule has 0 aromatic heterocycles. The van der Waals surface area contributed by atoms with Gasteiger partial charge in [0.1, 0.15) is 11.6 Å². The molecule has 0 aliphatic heterocycles. The molecule has 0 aliphatic carbocycles. The number of hydrogen-bond acceptors (Lipinski definition) is 6. The molecule has 31 heavy (non-hydrogen) atoms. The van der Waals surface area contributed by atoms with Crippen molar-refractivity contribution in [3.8, 4) is 17.6 Å². The quantitative estimate of drug-likeness (QED) is 0.324. The summed E-state index contributed by atoms with van der Waals surface area (Å²) in [5, 5.41) is 12.3. The van der Waals surface area contributed by atoms with E-state index in [4.69, 9.17) is 14.2 Å². The van der Waals surface area contributed by atoms with Crippen LogP contribution in [0.1, 0.15) is 31.0 Å². The van der Waals surface area contributed by atoms with Gasteiger partial charge in [-0.15, -0.1) is 0 Å². The molecule has 7 nitrogen and oxygen atoms in total. The van der Waals surface area contributed by atoms with E-state index in [0.717, 1.165) is 5.56 Å². The zero-order chi connectivity index (χ0) is 22.8.